The highest BCUT2D eigenvalue weighted by Gasteiger charge is 2.21. The van der Waals surface area contributed by atoms with Gasteiger partial charge in [-0.15, -0.1) is 0 Å². The van der Waals surface area contributed by atoms with E-state index in [9.17, 15) is 13.2 Å². The third-order valence-electron chi connectivity index (χ3n) is 3.65. The van der Waals surface area contributed by atoms with Crippen LogP contribution < -0.4 is 14.8 Å². The highest BCUT2D eigenvalue weighted by molar-refractivity contribution is 7.89. The van der Waals surface area contributed by atoms with Crippen LogP contribution in [0, 0.1) is 0 Å². The summed E-state index contributed by atoms with van der Waals surface area (Å²) in [7, 11) is -2.11. The van der Waals surface area contributed by atoms with Gasteiger partial charge in [-0.3, -0.25) is 4.79 Å². The van der Waals surface area contributed by atoms with Gasteiger partial charge >= 0.3 is 0 Å². The predicted octanol–water partition coefficient (Wildman–Crippen LogP) is 1.72. The summed E-state index contributed by atoms with van der Waals surface area (Å²) in [6.07, 6.45) is 0.647. The van der Waals surface area contributed by atoms with Crippen molar-refractivity contribution in [2.75, 3.05) is 13.7 Å². The van der Waals surface area contributed by atoms with Crippen molar-refractivity contribution in [2.24, 2.45) is 0 Å². The molecule has 2 aromatic carbocycles. The van der Waals surface area contributed by atoms with E-state index in [0.717, 1.165) is 11.3 Å². The number of nitrogens with one attached hydrogen (secondary N) is 2. The molecule has 0 radical (unpaired) electrons. The van der Waals surface area contributed by atoms with Crippen LogP contribution in [0.25, 0.3) is 0 Å². The van der Waals surface area contributed by atoms with Crippen LogP contribution in [0.2, 0.25) is 0 Å². The minimum atomic E-state index is -3.71. The molecule has 7 heteroatoms. The molecule has 1 amide bonds. The number of rotatable bonds is 8. The maximum absolute atomic E-state index is 12.2. The minimum absolute atomic E-state index is 0.132. The van der Waals surface area contributed by atoms with Crippen LogP contribution in [0.4, 0.5) is 0 Å². The van der Waals surface area contributed by atoms with Crippen molar-refractivity contribution >= 4 is 15.9 Å². The fraction of sp³-hybridized carbons (Fsp3) is 0.278. The number of carbonyl (C=O) groups is 1. The molecule has 134 valence electrons. The van der Waals surface area contributed by atoms with E-state index in [1.54, 1.807) is 25.3 Å². The Bertz CT molecular complexity index is 790. The number of hydrogen-bond donors (Lipinski definition) is 2. The van der Waals surface area contributed by atoms with Gasteiger partial charge in [-0.05, 0) is 43.2 Å². The molecule has 2 N–H and O–H groups in total. The van der Waals surface area contributed by atoms with Crippen molar-refractivity contribution < 1.29 is 17.9 Å². The molecule has 0 saturated carbocycles. The molecule has 1 atom stereocenters. The van der Waals surface area contributed by atoms with Crippen LogP contribution in [0.15, 0.2) is 59.5 Å². The van der Waals surface area contributed by atoms with Gasteiger partial charge in [0.05, 0.1) is 18.0 Å². The summed E-state index contributed by atoms with van der Waals surface area (Å²) in [4.78, 5) is 12.2. The van der Waals surface area contributed by atoms with Crippen LogP contribution >= 0.6 is 0 Å². The zero-order chi connectivity index (χ0) is 18.3. The number of carbonyl (C=O) groups excluding carboxylic acids is 1. The van der Waals surface area contributed by atoms with Crippen LogP contribution in [0.1, 0.15) is 12.5 Å². The van der Waals surface area contributed by atoms with Gasteiger partial charge in [-0.25, -0.2) is 8.42 Å². The Morgan fingerprint density at radius 1 is 1.08 bits per heavy atom. The first-order valence-corrected chi connectivity index (χ1v) is 9.39. The Morgan fingerprint density at radius 2 is 1.72 bits per heavy atom. The second-order valence-corrected chi connectivity index (χ2v) is 7.26. The highest BCUT2D eigenvalue weighted by atomic mass is 32.2. The summed E-state index contributed by atoms with van der Waals surface area (Å²) in [6.45, 7) is 1.94. The van der Waals surface area contributed by atoms with Crippen molar-refractivity contribution in [2.45, 2.75) is 24.3 Å². The van der Waals surface area contributed by atoms with Gasteiger partial charge in [0.2, 0.25) is 15.9 Å². The van der Waals surface area contributed by atoms with E-state index in [1.807, 2.05) is 24.3 Å². The van der Waals surface area contributed by atoms with E-state index in [0.29, 0.717) is 13.0 Å². The van der Waals surface area contributed by atoms with Gasteiger partial charge in [0, 0.05) is 6.54 Å². The number of amides is 1. The third-order valence-corrected chi connectivity index (χ3v) is 5.21. The molecule has 0 unspecified atom stereocenters. The largest absolute Gasteiger partial charge is 0.497 e. The van der Waals surface area contributed by atoms with Crippen molar-refractivity contribution in [3.63, 3.8) is 0 Å². The molecule has 0 heterocycles. The molecule has 0 spiro atoms. The summed E-state index contributed by atoms with van der Waals surface area (Å²) in [6, 6.07) is 14.7. The van der Waals surface area contributed by atoms with Crippen LogP contribution in [-0.2, 0) is 21.2 Å². The molecule has 6 nitrogen and oxygen atoms in total. The lowest BCUT2D eigenvalue weighted by Gasteiger charge is -2.14. The molecule has 0 aromatic heterocycles. The SMILES string of the molecule is COc1ccc(CCNC(=O)[C@@H](C)NS(=O)(=O)c2ccccc2)cc1. The van der Waals surface area contributed by atoms with Gasteiger partial charge < -0.3 is 10.1 Å². The molecule has 0 saturated heterocycles. The zero-order valence-corrected chi connectivity index (χ0v) is 15.0. The van der Waals surface area contributed by atoms with E-state index in [-0.39, 0.29) is 10.8 Å². The van der Waals surface area contributed by atoms with E-state index in [1.165, 1.54) is 19.1 Å². The van der Waals surface area contributed by atoms with Gasteiger partial charge in [-0.2, -0.15) is 4.72 Å². The average Bonchev–Trinajstić information content (AvgIpc) is 2.62. The third kappa shape index (κ3) is 5.58. The average molecular weight is 362 g/mol. The Hall–Kier alpha value is -2.38. The van der Waals surface area contributed by atoms with Crippen LogP contribution in [-0.4, -0.2) is 34.0 Å². The molecule has 2 rings (SSSR count). The normalized spacial score (nSPS) is 12.4. The summed E-state index contributed by atoms with van der Waals surface area (Å²) in [5.41, 5.74) is 1.05. The van der Waals surface area contributed by atoms with Gasteiger partial charge in [0.15, 0.2) is 0 Å². The summed E-state index contributed by atoms with van der Waals surface area (Å²) >= 11 is 0. The minimum Gasteiger partial charge on any atom is -0.497 e. The fourth-order valence-corrected chi connectivity index (χ4v) is 3.45. The van der Waals surface area contributed by atoms with Gasteiger partial charge in [0.1, 0.15) is 5.75 Å². The van der Waals surface area contributed by atoms with Crippen molar-refractivity contribution in [1.82, 2.24) is 10.0 Å². The van der Waals surface area contributed by atoms with Crippen molar-refractivity contribution in [1.29, 1.82) is 0 Å². The highest BCUT2D eigenvalue weighted by Crippen LogP contribution is 2.11. The van der Waals surface area contributed by atoms with Gasteiger partial charge in [0.25, 0.3) is 0 Å². The summed E-state index contributed by atoms with van der Waals surface area (Å²) in [5, 5.41) is 2.74. The van der Waals surface area contributed by atoms with Crippen LogP contribution in [0.5, 0.6) is 5.75 Å². The second kappa shape index (κ2) is 8.64. The zero-order valence-electron chi connectivity index (χ0n) is 14.2. The smallest absolute Gasteiger partial charge is 0.241 e. The Labute approximate surface area is 148 Å². The van der Waals surface area contributed by atoms with Gasteiger partial charge in [-0.1, -0.05) is 30.3 Å². The maximum Gasteiger partial charge on any atom is 0.241 e. The van der Waals surface area contributed by atoms with Crippen molar-refractivity contribution in [3.05, 3.63) is 60.2 Å². The van der Waals surface area contributed by atoms with Crippen LogP contribution in [0.3, 0.4) is 0 Å². The summed E-state index contributed by atoms with van der Waals surface area (Å²) < 4.78 is 31.9. The monoisotopic (exact) mass is 362 g/mol. The number of ether oxygens (including phenoxy) is 1. The number of benzene rings is 2. The molecule has 0 fully saturated rings. The lowest BCUT2D eigenvalue weighted by atomic mass is 10.1. The Morgan fingerprint density at radius 3 is 2.32 bits per heavy atom. The molecule has 25 heavy (non-hydrogen) atoms. The van der Waals surface area contributed by atoms with E-state index in [4.69, 9.17) is 4.74 Å². The maximum atomic E-state index is 12.2. The molecule has 0 aliphatic heterocycles. The van der Waals surface area contributed by atoms with E-state index < -0.39 is 16.1 Å². The molecule has 2 aromatic rings. The van der Waals surface area contributed by atoms with E-state index >= 15 is 0 Å². The quantitative estimate of drug-likeness (QED) is 0.749. The lowest BCUT2D eigenvalue weighted by Crippen LogP contribution is -2.45. The standard InChI is InChI=1S/C18H22N2O4S/c1-14(20-25(22,23)17-6-4-3-5-7-17)18(21)19-13-12-15-8-10-16(24-2)11-9-15/h3-11,14,20H,12-13H2,1-2H3,(H,19,21)/t14-/m1/s1. The lowest BCUT2D eigenvalue weighted by molar-refractivity contribution is -0.122. The molecule has 0 aliphatic carbocycles. The molecule has 0 bridgehead atoms. The number of sulfonamides is 1. The molecular formula is C18H22N2O4S. The summed E-state index contributed by atoms with van der Waals surface area (Å²) in [5.74, 6) is 0.407. The first-order valence-electron chi connectivity index (χ1n) is 7.90. The second-order valence-electron chi connectivity index (χ2n) is 5.55. The fourth-order valence-electron chi connectivity index (χ4n) is 2.23. The van der Waals surface area contributed by atoms with Crippen molar-refractivity contribution in [3.8, 4) is 5.75 Å². The number of methoxy groups -OCH3 is 1. The first kappa shape index (κ1) is 19.0. The Balaban J connectivity index is 1.83. The number of hydrogen-bond acceptors (Lipinski definition) is 4. The topological polar surface area (TPSA) is 84.5 Å². The predicted molar refractivity (Wildman–Crippen MR) is 95.9 cm³/mol. The Kier molecular flexibility index (Phi) is 6.55. The molecular weight excluding hydrogens is 340 g/mol. The molecule has 0 aliphatic rings. The first-order chi connectivity index (χ1) is 11.9. The van der Waals surface area contributed by atoms with E-state index in [2.05, 4.69) is 10.0 Å².